The van der Waals surface area contributed by atoms with Gasteiger partial charge in [-0.3, -0.25) is 9.78 Å². The van der Waals surface area contributed by atoms with Gasteiger partial charge in [-0.1, -0.05) is 13.8 Å². The third kappa shape index (κ3) is 4.66. The normalized spacial score (nSPS) is 11.5. The minimum Gasteiger partial charge on any atom is -0.481 e. The summed E-state index contributed by atoms with van der Waals surface area (Å²) >= 11 is 0. The van der Waals surface area contributed by atoms with Gasteiger partial charge in [-0.15, -0.1) is 0 Å². The second-order valence-corrected chi connectivity index (χ2v) is 5.83. The fraction of sp³-hybridized carbons (Fsp3) is 0.467. The number of carboxylic acids is 1. The van der Waals surface area contributed by atoms with Crippen LogP contribution in [-0.4, -0.2) is 32.6 Å². The smallest absolute Gasteiger partial charge is 0.303 e. The fourth-order valence-corrected chi connectivity index (χ4v) is 2.05. The molecule has 0 saturated heterocycles. The maximum Gasteiger partial charge on any atom is 0.303 e. The van der Waals surface area contributed by atoms with Gasteiger partial charge in [0, 0.05) is 25.4 Å². The van der Waals surface area contributed by atoms with Crippen LogP contribution in [0.4, 0.5) is 5.82 Å². The summed E-state index contributed by atoms with van der Waals surface area (Å²) in [5.74, 6) is 0.0165. The lowest BCUT2D eigenvalue weighted by atomic mass is 9.84. The Morgan fingerprint density at radius 3 is 2.76 bits per heavy atom. The van der Waals surface area contributed by atoms with Crippen LogP contribution in [-0.2, 0) is 4.79 Å². The number of aromatic nitrogens is 3. The molecule has 112 valence electrons. The van der Waals surface area contributed by atoms with Crippen molar-refractivity contribution in [3.63, 3.8) is 0 Å². The number of rotatable bonds is 7. The Hall–Kier alpha value is -2.24. The van der Waals surface area contributed by atoms with Gasteiger partial charge in [-0.25, -0.2) is 9.97 Å². The molecule has 0 radical (unpaired) electrons. The van der Waals surface area contributed by atoms with E-state index in [4.69, 9.17) is 5.11 Å². The molecule has 0 bridgehead atoms. The maximum atomic E-state index is 10.6. The third-order valence-electron chi connectivity index (χ3n) is 3.46. The van der Waals surface area contributed by atoms with Crippen molar-refractivity contribution in [1.82, 2.24) is 15.0 Å². The molecule has 0 saturated carbocycles. The molecule has 6 nitrogen and oxygen atoms in total. The molecule has 0 fully saturated rings. The second-order valence-electron chi connectivity index (χ2n) is 5.83. The fourth-order valence-electron chi connectivity index (χ4n) is 2.05. The summed E-state index contributed by atoms with van der Waals surface area (Å²) in [5.41, 5.74) is 1.37. The van der Waals surface area contributed by atoms with Crippen LogP contribution < -0.4 is 5.32 Å². The van der Waals surface area contributed by atoms with E-state index in [9.17, 15) is 4.79 Å². The quantitative estimate of drug-likeness (QED) is 0.814. The molecular formula is C15H20N4O2. The summed E-state index contributed by atoms with van der Waals surface area (Å²) in [6.07, 6.45) is 5.01. The highest BCUT2D eigenvalue weighted by Gasteiger charge is 2.18. The van der Waals surface area contributed by atoms with E-state index in [1.807, 2.05) is 12.1 Å². The first-order valence-corrected chi connectivity index (χ1v) is 7.00. The first-order chi connectivity index (χ1) is 9.96. The zero-order valence-corrected chi connectivity index (χ0v) is 12.3. The van der Waals surface area contributed by atoms with Gasteiger partial charge >= 0.3 is 5.97 Å². The first kappa shape index (κ1) is 15.2. The summed E-state index contributed by atoms with van der Waals surface area (Å²) in [6, 6.07) is 3.76. The molecular weight excluding hydrogens is 268 g/mol. The molecule has 0 aliphatic carbocycles. The molecule has 2 aromatic rings. The summed E-state index contributed by atoms with van der Waals surface area (Å²) in [5, 5.41) is 12.0. The lowest BCUT2D eigenvalue weighted by Gasteiger charge is -2.23. The molecule has 0 aromatic carbocycles. The van der Waals surface area contributed by atoms with Crippen molar-refractivity contribution in [3.8, 4) is 0 Å². The van der Waals surface area contributed by atoms with Crippen molar-refractivity contribution in [2.24, 2.45) is 5.41 Å². The molecule has 2 heterocycles. The van der Waals surface area contributed by atoms with Gasteiger partial charge in [0.2, 0.25) is 0 Å². The number of hydrogen-bond acceptors (Lipinski definition) is 5. The minimum absolute atomic E-state index is 0.0119. The molecule has 0 unspecified atom stereocenters. The number of carbonyl (C=O) groups is 1. The van der Waals surface area contributed by atoms with E-state index in [-0.39, 0.29) is 11.8 Å². The van der Waals surface area contributed by atoms with Crippen LogP contribution in [0.1, 0.15) is 33.1 Å². The molecule has 0 spiro atoms. The number of nitrogens with zero attached hydrogens (tertiary/aromatic N) is 3. The summed E-state index contributed by atoms with van der Waals surface area (Å²) in [4.78, 5) is 23.4. The molecule has 0 amide bonds. The minimum atomic E-state index is -0.745. The number of aliphatic carboxylic acids is 1. The second kappa shape index (κ2) is 6.47. The lowest BCUT2D eigenvalue weighted by Crippen LogP contribution is -2.18. The van der Waals surface area contributed by atoms with Crippen molar-refractivity contribution < 1.29 is 9.90 Å². The van der Waals surface area contributed by atoms with Crippen molar-refractivity contribution in [2.75, 3.05) is 11.9 Å². The van der Waals surface area contributed by atoms with Crippen LogP contribution in [0.5, 0.6) is 0 Å². The Balaban J connectivity index is 1.88. The average Bonchev–Trinajstić information content (AvgIpc) is 2.45. The molecule has 2 aromatic heterocycles. The van der Waals surface area contributed by atoms with E-state index in [0.717, 1.165) is 24.3 Å². The molecule has 6 heteroatoms. The van der Waals surface area contributed by atoms with Crippen LogP contribution in [0.15, 0.2) is 24.5 Å². The Morgan fingerprint density at radius 2 is 2.00 bits per heavy atom. The van der Waals surface area contributed by atoms with Crippen molar-refractivity contribution in [3.05, 3.63) is 24.5 Å². The van der Waals surface area contributed by atoms with E-state index in [1.165, 1.54) is 0 Å². The van der Waals surface area contributed by atoms with Crippen LogP contribution >= 0.6 is 0 Å². The highest BCUT2D eigenvalue weighted by molar-refractivity contribution is 5.71. The number of pyridine rings is 1. The van der Waals surface area contributed by atoms with Gasteiger partial charge in [0.05, 0.1) is 0 Å². The summed E-state index contributed by atoms with van der Waals surface area (Å²) < 4.78 is 0. The zero-order valence-electron chi connectivity index (χ0n) is 12.3. The molecule has 0 atom stereocenters. The largest absolute Gasteiger partial charge is 0.481 e. The van der Waals surface area contributed by atoms with E-state index >= 15 is 0 Å². The molecule has 0 aliphatic rings. The van der Waals surface area contributed by atoms with E-state index < -0.39 is 5.97 Å². The van der Waals surface area contributed by atoms with Crippen LogP contribution in [0, 0.1) is 5.41 Å². The van der Waals surface area contributed by atoms with Gasteiger partial charge in [0.25, 0.3) is 0 Å². The van der Waals surface area contributed by atoms with E-state index in [2.05, 4.69) is 34.1 Å². The van der Waals surface area contributed by atoms with Crippen molar-refractivity contribution in [1.29, 1.82) is 0 Å². The van der Waals surface area contributed by atoms with E-state index in [1.54, 1.807) is 12.4 Å². The van der Waals surface area contributed by atoms with Gasteiger partial charge in [-0.05, 0) is 30.4 Å². The number of hydrogen-bond donors (Lipinski definition) is 2. The number of fused-ring (bicyclic) bond motifs is 1. The van der Waals surface area contributed by atoms with Gasteiger partial charge in [-0.2, -0.15) is 0 Å². The maximum absolute atomic E-state index is 10.6. The Labute approximate surface area is 123 Å². The summed E-state index contributed by atoms with van der Waals surface area (Å²) in [6.45, 7) is 4.90. The third-order valence-corrected chi connectivity index (χ3v) is 3.46. The van der Waals surface area contributed by atoms with E-state index in [0.29, 0.717) is 12.1 Å². The Bertz CT molecular complexity index is 628. The summed E-state index contributed by atoms with van der Waals surface area (Å²) in [7, 11) is 0. The van der Waals surface area contributed by atoms with Gasteiger partial charge in [0.1, 0.15) is 11.3 Å². The Morgan fingerprint density at radius 1 is 1.24 bits per heavy atom. The van der Waals surface area contributed by atoms with Crippen molar-refractivity contribution >= 4 is 23.0 Å². The topological polar surface area (TPSA) is 88.0 Å². The standard InChI is InChI=1S/C15H20N4O2/c1-15(2,6-5-13(20)21)7-8-17-12-4-3-11-14(19-12)18-10-9-16-11/h3-4,9-10H,5-8H2,1-2H3,(H,20,21)(H,17,18,19). The van der Waals surface area contributed by atoms with Crippen LogP contribution in [0.3, 0.4) is 0 Å². The molecule has 0 aliphatic heterocycles. The Kier molecular flexibility index (Phi) is 4.67. The highest BCUT2D eigenvalue weighted by Crippen LogP contribution is 2.26. The first-order valence-electron chi connectivity index (χ1n) is 7.00. The molecule has 2 N–H and O–H groups in total. The number of anilines is 1. The molecule has 21 heavy (non-hydrogen) atoms. The van der Waals surface area contributed by atoms with Gasteiger partial charge < -0.3 is 10.4 Å². The average molecular weight is 288 g/mol. The number of nitrogens with one attached hydrogen (secondary N) is 1. The van der Waals surface area contributed by atoms with Crippen molar-refractivity contribution in [2.45, 2.75) is 33.1 Å². The predicted molar refractivity (Wildman–Crippen MR) is 81.1 cm³/mol. The monoisotopic (exact) mass is 288 g/mol. The van der Waals surface area contributed by atoms with Crippen LogP contribution in [0.25, 0.3) is 11.2 Å². The number of carboxylic acid groups (broad SMARTS) is 1. The molecule has 2 rings (SSSR count). The predicted octanol–water partition coefficient (Wildman–Crippen LogP) is 2.72. The van der Waals surface area contributed by atoms with Gasteiger partial charge in [0.15, 0.2) is 5.65 Å². The highest BCUT2D eigenvalue weighted by atomic mass is 16.4. The SMILES string of the molecule is CC(C)(CCNc1ccc2nccnc2n1)CCC(=O)O. The lowest BCUT2D eigenvalue weighted by molar-refractivity contribution is -0.137. The zero-order chi connectivity index (χ0) is 15.3. The van der Waals surface area contributed by atoms with Crippen LogP contribution in [0.2, 0.25) is 0 Å².